The first-order valence-corrected chi connectivity index (χ1v) is 13.6. The van der Waals surface area contributed by atoms with Crippen molar-refractivity contribution in [3.05, 3.63) is 24.5 Å². The van der Waals surface area contributed by atoms with Gasteiger partial charge in [-0.15, -0.1) is 0 Å². The molecule has 0 saturated heterocycles. The molecule has 1 heterocycles. The fourth-order valence-corrected chi connectivity index (χ4v) is 4.82. The van der Waals surface area contributed by atoms with E-state index in [1.54, 1.807) is 19.3 Å². The fraction of sp³-hybridized carbons (Fsp3) is 0.727. The largest absolute Gasteiger partial charge is 0.362 e. The Labute approximate surface area is 193 Å². The third kappa shape index (κ3) is 10.7. The third-order valence-corrected chi connectivity index (χ3v) is 7.48. The molecule has 1 saturated carbocycles. The number of anilines is 1. The van der Waals surface area contributed by atoms with Crippen molar-refractivity contribution >= 4 is 33.0 Å². The molecule has 176 valence electrons. The van der Waals surface area contributed by atoms with E-state index in [-0.39, 0.29) is 5.75 Å². The zero-order valence-electron chi connectivity index (χ0n) is 18.7. The summed E-state index contributed by atoms with van der Waals surface area (Å²) in [4.78, 5) is 9.74. The lowest BCUT2D eigenvalue weighted by Gasteiger charge is -2.26. The Morgan fingerprint density at radius 3 is 2.52 bits per heavy atom. The first-order valence-electron chi connectivity index (χ1n) is 11.6. The maximum absolute atomic E-state index is 12.3. The van der Waals surface area contributed by atoms with Gasteiger partial charge in [0.1, 0.15) is 0 Å². The third-order valence-electron chi connectivity index (χ3n) is 5.60. The molecular formula is C22H38N4O3S2. The second-order valence-electron chi connectivity index (χ2n) is 8.11. The van der Waals surface area contributed by atoms with E-state index < -0.39 is 10.0 Å². The van der Waals surface area contributed by atoms with Gasteiger partial charge in [-0.25, -0.2) is 8.42 Å². The van der Waals surface area contributed by atoms with Crippen LogP contribution < -0.4 is 10.6 Å². The topological polar surface area (TPSA) is 83.6 Å². The van der Waals surface area contributed by atoms with Crippen molar-refractivity contribution in [2.45, 2.75) is 71.1 Å². The summed E-state index contributed by atoms with van der Waals surface area (Å²) in [5.74, 6) is 0.575. The molecule has 0 atom stereocenters. The molecule has 0 aliphatic heterocycles. The van der Waals surface area contributed by atoms with Crippen LogP contribution in [0.4, 0.5) is 5.69 Å². The Kier molecular flexibility index (Phi) is 12.3. The highest BCUT2D eigenvalue weighted by Gasteiger charge is 2.23. The zero-order chi connectivity index (χ0) is 22.4. The van der Waals surface area contributed by atoms with Crippen LogP contribution in [0.15, 0.2) is 24.5 Å². The van der Waals surface area contributed by atoms with Crippen molar-refractivity contribution in [2.75, 3.05) is 30.8 Å². The molecule has 0 amide bonds. The molecular weight excluding hydrogens is 432 g/mol. The van der Waals surface area contributed by atoms with Gasteiger partial charge in [-0.2, -0.15) is 0 Å². The van der Waals surface area contributed by atoms with Gasteiger partial charge in [0.05, 0.1) is 12.4 Å². The van der Waals surface area contributed by atoms with Gasteiger partial charge in [-0.1, -0.05) is 43.0 Å². The van der Waals surface area contributed by atoms with E-state index in [2.05, 4.69) is 15.6 Å². The van der Waals surface area contributed by atoms with Crippen LogP contribution in [0.1, 0.15) is 71.1 Å². The minimum absolute atomic E-state index is 0.0801. The van der Waals surface area contributed by atoms with Crippen LogP contribution in [0.2, 0.25) is 0 Å². The van der Waals surface area contributed by atoms with Crippen LogP contribution in [0.25, 0.3) is 0 Å². The predicted molar refractivity (Wildman–Crippen MR) is 130 cm³/mol. The Balaban J connectivity index is 1.55. The van der Waals surface area contributed by atoms with Crippen LogP contribution in [-0.2, 0) is 14.9 Å². The number of rotatable bonds is 14. The molecule has 0 bridgehead atoms. The predicted octanol–water partition coefficient (Wildman–Crippen LogP) is 4.48. The summed E-state index contributed by atoms with van der Waals surface area (Å²) in [7, 11) is -3.32. The molecule has 2 rings (SSSR count). The molecule has 7 nitrogen and oxygen atoms in total. The van der Waals surface area contributed by atoms with E-state index >= 15 is 0 Å². The quantitative estimate of drug-likeness (QED) is 0.236. The maximum Gasteiger partial charge on any atom is 0.235 e. The van der Waals surface area contributed by atoms with E-state index in [9.17, 15) is 8.42 Å². The fourth-order valence-electron chi connectivity index (χ4n) is 3.68. The molecule has 0 radical (unpaired) electrons. The lowest BCUT2D eigenvalue weighted by molar-refractivity contribution is -0.103. The highest BCUT2D eigenvalue weighted by atomic mass is 32.2. The number of unbranched alkanes of at least 4 members (excludes halogenated alkanes) is 4. The lowest BCUT2D eigenvalue weighted by atomic mass is 9.90. The van der Waals surface area contributed by atoms with Crippen LogP contribution in [0, 0.1) is 5.92 Å². The molecule has 1 aromatic heterocycles. The van der Waals surface area contributed by atoms with Gasteiger partial charge in [0.25, 0.3) is 0 Å². The van der Waals surface area contributed by atoms with E-state index in [1.165, 1.54) is 23.7 Å². The highest BCUT2D eigenvalue weighted by Crippen LogP contribution is 2.24. The minimum atomic E-state index is -3.32. The lowest BCUT2D eigenvalue weighted by Crippen LogP contribution is -2.35. The Bertz CT molecular complexity index is 726. The zero-order valence-corrected chi connectivity index (χ0v) is 20.4. The van der Waals surface area contributed by atoms with Gasteiger partial charge in [0.2, 0.25) is 10.0 Å². The molecule has 1 aliphatic carbocycles. The number of pyridine rings is 1. The SMILES string of the molecule is CCS(=O)(=O)N(CCCCCCCNC(=S)Nc1ccncc1)OCC1CCCCC1. The van der Waals surface area contributed by atoms with Gasteiger partial charge in [0, 0.05) is 31.2 Å². The number of aromatic nitrogens is 1. The summed E-state index contributed by atoms with van der Waals surface area (Å²) >= 11 is 5.28. The van der Waals surface area contributed by atoms with Gasteiger partial charge < -0.3 is 10.6 Å². The molecule has 0 aromatic carbocycles. The summed E-state index contributed by atoms with van der Waals surface area (Å²) < 4.78 is 25.9. The summed E-state index contributed by atoms with van der Waals surface area (Å²) in [6.07, 6.45) is 14.5. The molecule has 31 heavy (non-hydrogen) atoms. The Morgan fingerprint density at radius 2 is 1.81 bits per heavy atom. The summed E-state index contributed by atoms with van der Waals surface area (Å²) in [5, 5.41) is 6.95. The molecule has 0 unspecified atom stereocenters. The van der Waals surface area contributed by atoms with E-state index in [1.807, 2.05) is 12.1 Å². The second-order valence-corrected chi connectivity index (χ2v) is 10.7. The average Bonchev–Trinajstić information content (AvgIpc) is 2.78. The molecule has 0 spiro atoms. The number of thiocarbonyl (C=S) groups is 1. The van der Waals surface area contributed by atoms with Crippen LogP contribution in [0.5, 0.6) is 0 Å². The number of sulfonamides is 1. The van der Waals surface area contributed by atoms with Gasteiger partial charge in [-0.05, 0) is 62.9 Å². The van der Waals surface area contributed by atoms with Crippen molar-refractivity contribution in [1.82, 2.24) is 14.8 Å². The van der Waals surface area contributed by atoms with E-state index in [4.69, 9.17) is 17.1 Å². The summed E-state index contributed by atoms with van der Waals surface area (Å²) in [5.41, 5.74) is 0.921. The summed E-state index contributed by atoms with van der Waals surface area (Å²) in [6.45, 7) is 3.46. The van der Waals surface area contributed by atoms with Crippen molar-refractivity contribution in [1.29, 1.82) is 0 Å². The minimum Gasteiger partial charge on any atom is -0.362 e. The summed E-state index contributed by atoms with van der Waals surface area (Å²) in [6, 6.07) is 3.74. The van der Waals surface area contributed by atoms with Crippen LogP contribution in [-0.4, -0.2) is 48.4 Å². The Hall–Kier alpha value is -1.29. The van der Waals surface area contributed by atoms with Crippen molar-refractivity contribution < 1.29 is 13.3 Å². The first kappa shape index (κ1) is 26.0. The van der Waals surface area contributed by atoms with Crippen molar-refractivity contribution in [2.24, 2.45) is 5.92 Å². The van der Waals surface area contributed by atoms with Gasteiger partial charge in [0.15, 0.2) is 5.11 Å². The van der Waals surface area contributed by atoms with Crippen LogP contribution in [0.3, 0.4) is 0 Å². The van der Waals surface area contributed by atoms with Crippen LogP contribution >= 0.6 is 12.2 Å². The molecule has 1 aromatic rings. The van der Waals surface area contributed by atoms with E-state index in [0.29, 0.717) is 24.2 Å². The first-order chi connectivity index (χ1) is 15.0. The number of hydroxylamine groups is 1. The number of hydrogen-bond donors (Lipinski definition) is 2. The van der Waals surface area contributed by atoms with Crippen molar-refractivity contribution in [3.8, 4) is 0 Å². The normalized spacial score (nSPS) is 15.2. The van der Waals surface area contributed by atoms with E-state index in [0.717, 1.165) is 57.2 Å². The number of hydrogen-bond acceptors (Lipinski definition) is 5. The maximum atomic E-state index is 12.3. The van der Waals surface area contributed by atoms with Crippen molar-refractivity contribution in [3.63, 3.8) is 0 Å². The smallest absolute Gasteiger partial charge is 0.235 e. The molecule has 1 fully saturated rings. The second kappa shape index (κ2) is 14.7. The van der Waals surface area contributed by atoms with Gasteiger partial charge in [-0.3, -0.25) is 9.82 Å². The number of nitrogens with zero attached hydrogens (tertiary/aromatic N) is 2. The molecule has 9 heteroatoms. The Morgan fingerprint density at radius 1 is 1.13 bits per heavy atom. The molecule has 1 aliphatic rings. The standard InChI is InChI=1S/C22H38N4O3S2/c1-2-31(27,28)26(29-19-20-11-7-6-8-12-20)18-10-5-3-4-9-15-24-22(30)25-21-13-16-23-17-14-21/h13-14,16-17,20H,2-12,15,18-19H2,1H3,(H2,23,24,25,30). The molecule has 2 N–H and O–H groups in total. The average molecular weight is 471 g/mol. The highest BCUT2D eigenvalue weighted by molar-refractivity contribution is 7.88. The number of nitrogens with one attached hydrogen (secondary N) is 2. The monoisotopic (exact) mass is 470 g/mol. The van der Waals surface area contributed by atoms with Gasteiger partial charge >= 0.3 is 0 Å².